The number of benzene rings is 4. The highest BCUT2D eigenvalue weighted by Crippen LogP contribution is 2.40. The normalized spacial score (nSPS) is 10.9. The molecule has 0 saturated heterocycles. The Hall–Kier alpha value is -4.51. The lowest BCUT2D eigenvalue weighted by atomic mass is 9.69. The fourth-order valence-corrected chi connectivity index (χ4v) is 4.12. The quantitative estimate of drug-likeness (QED) is 0.152. The van der Waals surface area contributed by atoms with E-state index in [1.54, 1.807) is 0 Å². The Labute approximate surface area is 204 Å². The van der Waals surface area contributed by atoms with Crippen molar-refractivity contribution in [3.63, 3.8) is 0 Å². The summed E-state index contributed by atoms with van der Waals surface area (Å²) in [4.78, 5) is 37.9. The van der Waals surface area contributed by atoms with E-state index >= 15 is 0 Å². The van der Waals surface area contributed by atoms with Gasteiger partial charge in [-0.05, 0) is 41.0 Å². The van der Waals surface area contributed by atoms with Crippen molar-refractivity contribution in [3.8, 4) is 5.75 Å². The van der Waals surface area contributed by atoms with E-state index in [0.29, 0.717) is 11.3 Å². The van der Waals surface area contributed by atoms with Crippen LogP contribution in [0.15, 0.2) is 115 Å². The van der Waals surface area contributed by atoms with Gasteiger partial charge in [0.15, 0.2) is 12.4 Å². The molecule has 0 unspecified atom stereocenters. The average Bonchev–Trinajstić information content (AvgIpc) is 2.90. The van der Waals surface area contributed by atoms with Crippen LogP contribution in [0.1, 0.15) is 34.0 Å². The Bertz CT molecular complexity index is 1200. The largest absolute Gasteiger partial charge is 0.456 e. The fourth-order valence-electron chi connectivity index (χ4n) is 4.12. The monoisotopic (exact) mass is 464 g/mol. The lowest BCUT2D eigenvalue weighted by molar-refractivity contribution is -0.146. The molecule has 5 heteroatoms. The van der Waals surface area contributed by atoms with Gasteiger partial charge in [-0.1, -0.05) is 91.0 Å². The molecule has 0 aliphatic rings. The molecule has 0 N–H and O–H groups in total. The van der Waals surface area contributed by atoms with Crippen molar-refractivity contribution >= 4 is 17.7 Å². The van der Waals surface area contributed by atoms with Crippen molar-refractivity contribution in [1.29, 1.82) is 0 Å². The number of ketones is 1. The molecule has 0 amide bonds. The van der Waals surface area contributed by atoms with Gasteiger partial charge in [0.05, 0.1) is 0 Å². The molecule has 0 spiro atoms. The van der Waals surface area contributed by atoms with Crippen molar-refractivity contribution in [2.24, 2.45) is 0 Å². The minimum Gasteiger partial charge on any atom is -0.456 e. The van der Waals surface area contributed by atoms with E-state index in [-0.39, 0.29) is 5.78 Å². The number of esters is 2. The number of Topliss-reactive ketones (excluding diaryl/α,β-unsaturated/α-hetero) is 1. The Kier molecular flexibility index (Phi) is 7.17. The molecule has 174 valence electrons. The zero-order chi connectivity index (χ0) is 24.7. The summed E-state index contributed by atoms with van der Waals surface area (Å²) in [6.45, 7) is 0.872. The number of ether oxygens (including phenoxy) is 2. The van der Waals surface area contributed by atoms with E-state index in [9.17, 15) is 14.4 Å². The molecule has 0 aliphatic carbocycles. The van der Waals surface area contributed by atoms with E-state index in [4.69, 9.17) is 9.47 Å². The molecule has 0 heterocycles. The van der Waals surface area contributed by atoms with Crippen LogP contribution in [0.25, 0.3) is 0 Å². The topological polar surface area (TPSA) is 69.7 Å². The van der Waals surface area contributed by atoms with Crippen LogP contribution in [0.4, 0.5) is 0 Å². The first-order valence-corrected chi connectivity index (χ1v) is 11.2. The van der Waals surface area contributed by atoms with Gasteiger partial charge in [-0.3, -0.25) is 14.4 Å². The molecule has 4 rings (SSSR count). The molecule has 35 heavy (non-hydrogen) atoms. The van der Waals surface area contributed by atoms with E-state index in [1.807, 2.05) is 91.0 Å². The number of carbonyl (C=O) groups is 3. The van der Waals surface area contributed by atoms with Crippen molar-refractivity contribution in [2.75, 3.05) is 6.61 Å². The SMILES string of the molecule is CC(=O)Oc1ccc(C(=O)COC(=O)C(c2ccccc2)(c2ccccc2)c2ccccc2)cc1. The Balaban J connectivity index is 1.68. The van der Waals surface area contributed by atoms with Crippen molar-refractivity contribution in [1.82, 2.24) is 0 Å². The predicted molar refractivity (Wildman–Crippen MR) is 132 cm³/mol. The van der Waals surface area contributed by atoms with Gasteiger partial charge in [-0.2, -0.15) is 0 Å². The molecule has 0 atom stereocenters. The van der Waals surface area contributed by atoms with Gasteiger partial charge in [-0.25, -0.2) is 0 Å². The third-order valence-electron chi connectivity index (χ3n) is 5.70. The van der Waals surface area contributed by atoms with E-state index in [1.165, 1.54) is 31.2 Å². The third kappa shape index (κ3) is 5.04. The summed E-state index contributed by atoms with van der Waals surface area (Å²) in [5, 5.41) is 0. The van der Waals surface area contributed by atoms with Crippen LogP contribution in [0.5, 0.6) is 5.75 Å². The highest BCUT2D eigenvalue weighted by Gasteiger charge is 2.45. The molecule has 0 saturated carbocycles. The van der Waals surface area contributed by atoms with Gasteiger partial charge in [0.2, 0.25) is 0 Å². The van der Waals surface area contributed by atoms with E-state index < -0.39 is 24.0 Å². The van der Waals surface area contributed by atoms with Gasteiger partial charge in [0.1, 0.15) is 11.2 Å². The molecule has 0 radical (unpaired) electrons. The van der Waals surface area contributed by atoms with Crippen LogP contribution >= 0.6 is 0 Å². The molecule has 0 aliphatic heterocycles. The molecular formula is C30H24O5. The van der Waals surface area contributed by atoms with Crippen LogP contribution in [0, 0.1) is 0 Å². The Morgan fingerprint density at radius 3 is 1.46 bits per heavy atom. The predicted octanol–water partition coefficient (Wildman–Crippen LogP) is 5.37. The molecule has 0 bridgehead atoms. The highest BCUT2D eigenvalue weighted by molar-refractivity contribution is 5.99. The number of hydrogen-bond donors (Lipinski definition) is 0. The summed E-state index contributed by atoms with van der Waals surface area (Å²) < 4.78 is 10.7. The van der Waals surface area contributed by atoms with Crippen molar-refractivity contribution in [3.05, 3.63) is 138 Å². The standard InChI is InChI=1S/C30H24O5/c1-22(31)35-27-19-17-23(18-20-27)28(32)21-34-29(33)30(24-11-5-2-6-12-24,25-13-7-3-8-14-25)26-15-9-4-10-16-26/h2-20H,21H2,1H3. The molecule has 4 aromatic rings. The maximum Gasteiger partial charge on any atom is 0.326 e. The summed E-state index contributed by atoms with van der Waals surface area (Å²) in [6.07, 6.45) is 0. The number of hydrogen-bond acceptors (Lipinski definition) is 5. The molecular weight excluding hydrogens is 440 g/mol. The maximum absolute atomic E-state index is 13.9. The van der Waals surface area contributed by atoms with E-state index in [2.05, 4.69) is 0 Å². The van der Waals surface area contributed by atoms with Gasteiger partial charge in [0, 0.05) is 12.5 Å². The second-order valence-corrected chi connectivity index (χ2v) is 7.97. The summed E-state index contributed by atoms with van der Waals surface area (Å²) in [6, 6.07) is 34.3. The van der Waals surface area contributed by atoms with E-state index in [0.717, 1.165) is 16.7 Å². The van der Waals surface area contributed by atoms with Crippen LogP contribution in [-0.2, 0) is 19.7 Å². The smallest absolute Gasteiger partial charge is 0.326 e. The molecule has 0 fully saturated rings. The fraction of sp³-hybridized carbons (Fsp3) is 0.100. The Morgan fingerprint density at radius 1 is 0.629 bits per heavy atom. The second kappa shape index (κ2) is 10.6. The highest BCUT2D eigenvalue weighted by atomic mass is 16.5. The van der Waals surface area contributed by atoms with Gasteiger partial charge >= 0.3 is 11.9 Å². The number of carbonyl (C=O) groups excluding carboxylic acids is 3. The van der Waals surface area contributed by atoms with Gasteiger partial charge in [-0.15, -0.1) is 0 Å². The first-order chi connectivity index (χ1) is 17.0. The molecule has 0 aromatic heterocycles. The minimum atomic E-state index is -1.26. The Morgan fingerprint density at radius 2 is 1.06 bits per heavy atom. The summed E-state index contributed by atoms with van der Waals surface area (Å²) in [5.74, 6) is -1.03. The van der Waals surface area contributed by atoms with Crippen molar-refractivity contribution in [2.45, 2.75) is 12.3 Å². The van der Waals surface area contributed by atoms with Crippen LogP contribution < -0.4 is 4.74 Å². The minimum absolute atomic E-state index is 0.335. The van der Waals surface area contributed by atoms with Gasteiger partial charge < -0.3 is 9.47 Å². The van der Waals surface area contributed by atoms with Crippen molar-refractivity contribution < 1.29 is 23.9 Å². The summed E-state index contributed by atoms with van der Waals surface area (Å²) in [7, 11) is 0. The lowest BCUT2D eigenvalue weighted by Crippen LogP contribution is -2.40. The third-order valence-corrected chi connectivity index (χ3v) is 5.70. The summed E-state index contributed by atoms with van der Waals surface area (Å²) in [5.41, 5.74) is 1.30. The van der Waals surface area contributed by atoms with Crippen LogP contribution in [-0.4, -0.2) is 24.3 Å². The first kappa shape index (κ1) is 23.6. The molecule has 4 aromatic carbocycles. The number of rotatable bonds is 8. The van der Waals surface area contributed by atoms with Crippen LogP contribution in [0.2, 0.25) is 0 Å². The zero-order valence-corrected chi connectivity index (χ0v) is 19.2. The van der Waals surface area contributed by atoms with Crippen LogP contribution in [0.3, 0.4) is 0 Å². The zero-order valence-electron chi connectivity index (χ0n) is 19.2. The maximum atomic E-state index is 13.9. The van der Waals surface area contributed by atoms with Gasteiger partial charge in [0.25, 0.3) is 0 Å². The lowest BCUT2D eigenvalue weighted by Gasteiger charge is -2.33. The summed E-state index contributed by atoms with van der Waals surface area (Å²) >= 11 is 0. The molecule has 5 nitrogen and oxygen atoms in total. The first-order valence-electron chi connectivity index (χ1n) is 11.2. The second-order valence-electron chi connectivity index (χ2n) is 7.97. The average molecular weight is 465 g/mol.